The number of halogens is 4. The van der Waals surface area contributed by atoms with Crippen molar-refractivity contribution >= 4 is 58.0 Å². The van der Waals surface area contributed by atoms with E-state index in [4.69, 9.17) is 21.1 Å². The van der Waals surface area contributed by atoms with Crippen molar-refractivity contribution in [2.45, 2.75) is 84.3 Å². The molecule has 56 heavy (non-hydrogen) atoms. The van der Waals surface area contributed by atoms with E-state index in [1.54, 1.807) is 59.7 Å². The molecular formula is C39H46ClF3N8O5. The highest BCUT2D eigenvalue weighted by Crippen LogP contribution is 2.44. The van der Waals surface area contributed by atoms with Gasteiger partial charge in [0.05, 0.1) is 21.7 Å². The second-order valence-electron chi connectivity index (χ2n) is 16.1. The zero-order valence-corrected chi connectivity index (χ0v) is 33.1. The summed E-state index contributed by atoms with van der Waals surface area (Å²) in [6, 6.07) is 7.89. The first-order valence-corrected chi connectivity index (χ1v) is 18.7. The number of imide groups is 1. The minimum absolute atomic E-state index is 0.0374. The maximum atomic E-state index is 14.2. The van der Waals surface area contributed by atoms with Gasteiger partial charge in [-0.25, -0.2) is 24.4 Å². The number of nitrogens with zero attached hydrogens (tertiary/aromatic N) is 6. The first kappa shape index (κ1) is 40.7. The van der Waals surface area contributed by atoms with Gasteiger partial charge in [0.15, 0.2) is 5.82 Å². The Labute approximate surface area is 328 Å². The van der Waals surface area contributed by atoms with Gasteiger partial charge in [-0.05, 0) is 96.8 Å². The molecule has 1 aliphatic carbocycles. The van der Waals surface area contributed by atoms with Crippen LogP contribution in [0.1, 0.15) is 71.6 Å². The van der Waals surface area contributed by atoms with Crippen molar-refractivity contribution in [1.29, 1.82) is 0 Å². The number of nitrogens with one attached hydrogen (secondary N) is 2. The summed E-state index contributed by atoms with van der Waals surface area (Å²) in [6.07, 6.45) is -1.71. The van der Waals surface area contributed by atoms with Crippen LogP contribution in [0.3, 0.4) is 0 Å². The molecule has 3 heterocycles. The van der Waals surface area contributed by atoms with Gasteiger partial charge in [0, 0.05) is 56.2 Å². The number of likely N-dealkylation sites (N-methyl/N-ethyl adjacent to an activating group) is 1. The van der Waals surface area contributed by atoms with E-state index in [0.717, 1.165) is 36.9 Å². The Balaban J connectivity index is 1.28. The third-order valence-electron chi connectivity index (χ3n) is 9.08. The summed E-state index contributed by atoms with van der Waals surface area (Å²) in [5, 5.41) is 5.58. The molecule has 0 atom stereocenters. The van der Waals surface area contributed by atoms with Crippen LogP contribution >= 0.6 is 11.6 Å². The molecule has 1 aliphatic heterocycles. The van der Waals surface area contributed by atoms with Gasteiger partial charge in [0.2, 0.25) is 0 Å². The van der Waals surface area contributed by atoms with Crippen LogP contribution in [0.5, 0.6) is 0 Å². The summed E-state index contributed by atoms with van der Waals surface area (Å²) < 4.78 is 55.7. The van der Waals surface area contributed by atoms with Gasteiger partial charge < -0.3 is 29.6 Å². The molecule has 300 valence electrons. The number of fused-ring (bicyclic) bond motifs is 1. The largest absolute Gasteiger partial charge is 0.443 e. The number of hydrogen-bond donors (Lipinski definition) is 2. The topological polar surface area (TPSA) is 134 Å². The van der Waals surface area contributed by atoms with E-state index in [-0.39, 0.29) is 40.4 Å². The van der Waals surface area contributed by atoms with Gasteiger partial charge in [-0.3, -0.25) is 4.90 Å². The fourth-order valence-corrected chi connectivity index (χ4v) is 6.55. The Morgan fingerprint density at radius 3 is 2.11 bits per heavy atom. The highest BCUT2D eigenvalue weighted by atomic mass is 35.5. The standard InChI is InChI=1S/C39H46ClF3N8O5/c1-37(2,3)55-35(53)51(36(54)56-38(4,5)6)33-31-27(21-50(26-11-12-26)32(31)44-22-45-33)23-9-13-30(29(40)18-23)47-34(52)46-25-10-8-24(28(19-25)39(41,42)43)20-49-16-14-48(7)15-17-49/h8-10,13,18-19,21-22,26H,11-12,14-17,20H2,1-7H3,(H2,46,47,52). The second-order valence-corrected chi connectivity index (χ2v) is 16.5. The maximum Gasteiger partial charge on any atom is 0.425 e. The molecule has 1 saturated heterocycles. The number of rotatable bonds is 7. The van der Waals surface area contributed by atoms with E-state index in [0.29, 0.717) is 35.2 Å². The SMILES string of the molecule is CN1CCN(Cc2ccc(NC(=O)Nc3ccc(-c4cn(C5CC5)c5ncnc(N(C(=O)OC(C)(C)C)C(=O)OC(C)(C)C)c45)cc3Cl)cc2C(F)(F)F)CC1. The maximum absolute atomic E-state index is 14.2. The lowest BCUT2D eigenvalue weighted by molar-refractivity contribution is -0.138. The van der Waals surface area contributed by atoms with E-state index in [9.17, 15) is 27.6 Å². The van der Waals surface area contributed by atoms with Crippen LogP contribution in [0.2, 0.25) is 5.02 Å². The average molecular weight is 799 g/mol. The fraction of sp³-hybridized carbons (Fsp3) is 0.462. The molecule has 4 aromatic rings. The molecule has 6 rings (SSSR count). The molecule has 0 unspecified atom stereocenters. The third-order valence-corrected chi connectivity index (χ3v) is 9.40. The minimum Gasteiger partial charge on any atom is -0.443 e. The number of carbonyl (C=O) groups is 3. The Bertz CT molecular complexity index is 2110. The first-order chi connectivity index (χ1) is 26.2. The number of anilines is 3. The van der Waals surface area contributed by atoms with Crippen molar-refractivity contribution in [3.63, 3.8) is 0 Å². The van der Waals surface area contributed by atoms with Crippen LogP contribution in [-0.2, 0) is 22.2 Å². The van der Waals surface area contributed by atoms with Crippen molar-refractivity contribution in [1.82, 2.24) is 24.3 Å². The number of amides is 4. The van der Waals surface area contributed by atoms with Crippen LogP contribution in [-0.4, -0.2) is 87.0 Å². The molecule has 4 amide bonds. The Hall–Kier alpha value is -4.93. The van der Waals surface area contributed by atoms with E-state index in [1.807, 2.05) is 22.7 Å². The van der Waals surface area contributed by atoms with E-state index < -0.39 is 41.2 Å². The lowest BCUT2D eigenvalue weighted by Crippen LogP contribution is -2.44. The quantitative estimate of drug-likeness (QED) is 0.188. The Kier molecular flexibility index (Phi) is 11.3. The third kappa shape index (κ3) is 9.71. The fourth-order valence-electron chi connectivity index (χ4n) is 6.32. The molecule has 2 aromatic carbocycles. The Morgan fingerprint density at radius 1 is 0.893 bits per heavy atom. The zero-order valence-electron chi connectivity index (χ0n) is 32.4. The van der Waals surface area contributed by atoms with Crippen molar-refractivity contribution in [3.05, 3.63) is 65.1 Å². The second kappa shape index (κ2) is 15.5. The average Bonchev–Trinajstić information content (AvgIpc) is 3.85. The normalized spacial score (nSPS) is 15.8. The van der Waals surface area contributed by atoms with E-state index >= 15 is 0 Å². The number of benzene rings is 2. The van der Waals surface area contributed by atoms with E-state index in [2.05, 4.69) is 25.5 Å². The molecule has 2 aromatic heterocycles. The van der Waals surface area contributed by atoms with Gasteiger partial charge >= 0.3 is 24.4 Å². The van der Waals surface area contributed by atoms with Crippen molar-refractivity contribution < 1.29 is 37.0 Å². The molecule has 2 aliphatic rings. The number of ether oxygens (including phenoxy) is 2. The Morgan fingerprint density at radius 2 is 1.54 bits per heavy atom. The summed E-state index contributed by atoms with van der Waals surface area (Å²) in [6.45, 7) is 13.0. The van der Waals surface area contributed by atoms with Gasteiger partial charge in [0.1, 0.15) is 23.2 Å². The van der Waals surface area contributed by atoms with Gasteiger partial charge in [0.25, 0.3) is 0 Å². The van der Waals surface area contributed by atoms with Crippen LogP contribution < -0.4 is 15.5 Å². The molecule has 2 fully saturated rings. The van der Waals surface area contributed by atoms with Crippen LogP contribution in [0.4, 0.5) is 44.7 Å². The summed E-state index contributed by atoms with van der Waals surface area (Å²) in [5.74, 6) is -0.0571. The molecule has 0 spiro atoms. The van der Waals surface area contributed by atoms with Crippen LogP contribution in [0.25, 0.3) is 22.2 Å². The predicted molar refractivity (Wildman–Crippen MR) is 208 cm³/mol. The number of carbonyl (C=O) groups excluding carboxylic acids is 3. The van der Waals surface area contributed by atoms with Gasteiger partial charge in [-0.15, -0.1) is 0 Å². The highest BCUT2D eigenvalue weighted by Gasteiger charge is 2.38. The number of aromatic nitrogens is 3. The first-order valence-electron chi connectivity index (χ1n) is 18.3. The molecule has 13 nitrogen and oxygen atoms in total. The molecule has 0 radical (unpaired) electrons. The summed E-state index contributed by atoms with van der Waals surface area (Å²) in [7, 11) is 1.98. The molecule has 0 bridgehead atoms. The number of urea groups is 1. The highest BCUT2D eigenvalue weighted by molar-refractivity contribution is 6.34. The van der Waals surface area contributed by atoms with Gasteiger partial charge in [-0.1, -0.05) is 23.7 Å². The van der Waals surface area contributed by atoms with Crippen molar-refractivity contribution in [3.8, 4) is 11.1 Å². The summed E-state index contributed by atoms with van der Waals surface area (Å²) >= 11 is 6.72. The molecule has 2 N–H and O–H groups in total. The van der Waals surface area contributed by atoms with Crippen molar-refractivity contribution in [2.24, 2.45) is 0 Å². The van der Waals surface area contributed by atoms with Crippen LogP contribution in [0.15, 0.2) is 48.9 Å². The van der Waals surface area contributed by atoms with E-state index in [1.165, 1.54) is 18.5 Å². The minimum atomic E-state index is -4.63. The summed E-state index contributed by atoms with van der Waals surface area (Å²) in [4.78, 5) is 54.2. The lowest BCUT2D eigenvalue weighted by atomic mass is 10.0. The number of piperazine rings is 1. The number of alkyl halides is 3. The zero-order chi connectivity index (χ0) is 40.7. The summed E-state index contributed by atoms with van der Waals surface area (Å²) in [5.41, 5.74) is -0.908. The smallest absolute Gasteiger partial charge is 0.425 e. The molecule has 1 saturated carbocycles. The predicted octanol–water partition coefficient (Wildman–Crippen LogP) is 9.17. The van der Waals surface area contributed by atoms with Gasteiger partial charge in [-0.2, -0.15) is 18.1 Å². The van der Waals surface area contributed by atoms with Crippen LogP contribution in [0, 0.1) is 0 Å². The number of hydrogen-bond acceptors (Lipinski definition) is 9. The van der Waals surface area contributed by atoms with Crippen molar-refractivity contribution in [2.75, 3.05) is 48.8 Å². The molecular weight excluding hydrogens is 753 g/mol. The molecule has 17 heteroatoms. The monoisotopic (exact) mass is 798 g/mol. The lowest BCUT2D eigenvalue weighted by Gasteiger charge is -2.33.